The highest BCUT2D eigenvalue weighted by Gasteiger charge is 2.17. The van der Waals surface area contributed by atoms with E-state index in [1.165, 1.54) is 0 Å². The lowest BCUT2D eigenvalue weighted by atomic mass is 10.1. The van der Waals surface area contributed by atoms with E-state index in [9.17, 15) is 4.79 Å². The Labute approximate surface area is 107 Å². The first-order valence-corrected chi connectivity index (χ1v) is 5.58. The van der Waals surface area contributed by atoms with Crippen LogP contribution in [0.3, 0.4) is 0 Å². The molecule has 0 spiro atoms. The molecule has 0 aliphatic carbocycles. The summed E-state index contributed by atoms with van der Waals surface area (Å²) >= 11 is 0. The van der Waals surface area contributed by atoms with Crippen LogP contribution in [-0.4, -0.2) is 24.2 Å². The Balaban J connectivity index is 2.55. The minimum absolute atomic E-state index is 0.00871. The molecule has 0 saturated carbocycles. The van der Waals surface area contributed by atoms with E-state index in [0.29, 0.717) is 23.6 Å². The summed E-state index contributed by atoms with van der Waals surface area (Å²) < 4.78 is 10.3. The first-order chi connectivity index (χ1) is 8.60. The number of nitrogens with zero attached hydrogens (tertiary/aromatic N) is 1. The lowest BCUT2D eigenvalue weighted by Gasteiger charge is -2.03. The normalized spacial score (nSPS) is 11.3. The van der Waals surface area contributed by atoms with Crippen molar-refractivity contribution in [2.75, 3.05) is 13.2 Å². The van der Waals surface area contributed by atoms with E-state index in [1.54, 1.807) is 32.1 Å². The van der Waals surface area contributed by atoms with Crippen molar-refractivity contribution in [2.45, 2.75) is 13.8 Å². The largest absolute Gasteiger partial charge is 0.369 e. The number of hydrogen-bond acceptors (Lipinski definition) is 4. The molecule has 18 heavy (non-hydrogen) atoms. The molecule has 0 fully saturated rings. The van der Waals surface area contributed by atoms with Gasteiger partial charge >= 0.3 is 0 Å². The maximum absolute atomic E-state index is 11.9. The summed E-state index contributed by atoms with van der Waals surface area (Å²) in [5.74, 6) is 0.389. The first kappa shape index (κ1) is 14.1. The van der Waals surface area contributed by atoms with Gasteiger partial charge in [-0.15, -0.1) is 0 Å². The van der Waals surface area contributed by atoms with Gasteiger partial charge in [-0.05, 0) is 19.4 Å². The average molecular weight is 247 g/mol. The molecular formula is C14H17NO3. The Morgan fingerprint density at radius 1 is 1.39 bits per heavy atom. The summed E-state index contributed by atoms with van der Waals surface area (Å²) in [4.78, 5) is 11.9. The molecule has 0 N–H and O–H groups in total. The number of carbonyl (C=O) groups is 1. The molecule has 0 aromatic carbocycles. The van der Waals surface area contributed by atoms with Gasteiger partial charge in [-0.25, -0.2) is 0 Å². The van der Waals surface area contributed by atoms with Crippen LogP contribution in [0.1, 0.15) is 21.8 Å². The number of aromatic nitrogens is 1. The smallest absolute Gasteiger partial charge is 0.193 e. The fourth-order valence-corrected chi connectivity index (χ4v) is 1.54. The van der Waals surface area contributed by atoms with Crippen LogP contribution in [0.25, 0.3) is 0 Å². The molecule has 0 atom stereocenters. The number of allylic oxidation sites excluding steroid dienone is 2. The molecule has 0 saturated heterocycles. The van der Waals surface area contributed by atoms with Crippen molar-refractivity contribution >= 4 is 5.78 Å². The predicted molar refractivity (Wildman–Crippen MR) is 69.6 cm³/mol. The third kappa shape index (κ3) is 3.53. The molecule has 1 rings (SSSR count). The summed E-state index contributed by atoms with van der Waals surface area (Å²) in [6.07, 6.45) is 5.10. The summed E-state index contributed by atoms with van der Waals surface area (Å²) in [7, 11) is 0. The van der Waals surface area contributed by atoms with Crippen LogP contribution in [-0.2, 0) is 4.74 Å². The third-order valence-corrected chi connectivity index (χ3v) is 2.41. The Morgan fingerprint density at radius 2 is 2.11 bits per heavy atom. The molecule has 0 bridgehead atoms. The van der Waals surface area contributed by atoms with Crippen LogP contribution in [0, 0.1) is 13.8 Å². The topological polar surface area (TPSA) is 52.3 Å². The summed E-state index contributed by atoms with van der Waals surface area (Å²) in [6.45, 7) is 11.0. The van der Waals surface area contributed by atoms with Gasteiger partial charge in [-0.3, -0.25) is 4.79 Å². The van der Waals surface area contributed by atoms with E-state index in [-0.39, 0.29) is 12.4 Å². The highest BCUT2D eigenvalue weighted by Crippen LogP contribution is 2.13. The minimum Gasteiger partial charge on any atom is -0.369 e. The number of rotatable bonds is 7. The SMILES string of the molecule is C=C/C=C(\C=C)COCC(=O)c1c(C)noc1C. The van der Waals surface area contributed by atoms with Crippen molar-refractivity contribution in [1.29, 1.82) is 0 Å². The average Bonchev–Trinajstić information content (AvgIpc) is 2.67. The number of aryl methyl sites for hydroxylation is 2. The summed E-state index contributed by atoms with van der Waals surface area (Å²) in [5.41, 5.74) is 1.96. The lowest BCUT2D eigenvalue weighted by Crippen LogP contribution is -2.12. The predicted octanol–water partition coefficient (Wildman–Crippen LogP) is 2.79. The number of ketones is 1. The van der Waals surface area contributed by atoms with Gasteiger partial charge in [0, 0.05) is 0 Å². The lowest BCUT2D eigenvalue weighted by molar-refractivity contribution is 0.0798. The molecule has 1 aromatic heterocycles. The fourth-order valence-electron chi connectivity index (χ4n) is 1.54. The second-order valence-corrected chi connectivity index (χ2v) is 3.80. The minimum atomic E-state index is -0.131. The molecule has 96 valence electrons. The standard InChI is InChI=1S/C14H17NO3/c1-5-7-12(6-2)8-17-9-13(16)14-10(3)15-18-11(14)4/h5-7H,1-2,8-9H2,3-4H3/b12-7+. The van der Waals surface area contributed by atoms with Gasteiger partial charge in [0.1, 0.15) is 12.4 Å². The highest BCUT2D eigenvalue weighted by atomic mass is 16.5. The van der Waals surface area contributed by atoms with Crippen molar-refractivity contribution in [1.82, 2.24) is 5.16 Å². The van der Waals surface area contributed by atoms with E-state index in [4.69, 9.17) is 9.26 Å². The molecule has 4 heteroatoms. The van der Waals surface area contributed by atoms with Gasteiger partial charge in [0.05, 0.1) is 17.9 Å². The molecule has 0 aliphatic heterocycles. The Morgan fingerprint density at radius 3 is 2.61 bits per heavy atom. The Hall–Kier alpha value is -1.94. The molecule has 4 nitrogen and oxygen atoms in total. The van der Waals surface area contributed by atoms with Gasteiger partial charge in [0.25, 0.3) is 0 Å². The molecule has 1 aromatic rings. The molecule has 0 amide bonds. The Bertz CT molecular complexity index is 464. The van der Waals surface area contributed by atoms with Gasteiger partial charge in [-0.2, -0.15) is 0 Å². The van der Waals surface area contributed by atoms with E-state index in [0.717, 1.165) is 5.57 Å². The number of ether oxygens (including phenoxy) is 1. The maximum atomic E-state index is 11.9. The van der Waals surface area contributed by atoms with Gasteiger partial charge in [-0.1, -0.05) is 36.5 Å². The van der Waals surface area contributed by atoms with E-state index < -0.39 is 0 Å². The van der Waals surface area contributed by atoms with Crippen molar-refractivity contribution in [3.05, 3.63) is 54.0 Å². The fraction of sp³-hybridized carbons (Fsp3) is 0.286. The zero-order valence-corrected chi connectivity index (χ0v) is 10.7. The van der Waals surface area contributed by atoms with Crippen LogP contribution >= 0.6 is 0 Å². The monoisotopic (exact) mass is 247 g/mol. The third-order valence-electron chi connectivity index (χ3n) is 2.41. The summed E-state index contributed by atoms with van der Waals surface area (Å²) in [5, 5.41) is 3.73. The van der Waals surface area contributed by atoms with Crippen molar-refractivity contribution in [3.63, 3.8) is 0 Å². The van der Waals surface area contributed by atoms with Crippen LogP contribution in [0.2, 0.25) is 0 Å². The van der Waals surface area contributed by atoms with Crippen LogP contribution in [0.5, 0.6) is 0 Å². The van der Waals surface area contributed by atoms with Crippen molar-refractivity contribution in [3.8, 4) is 0 Å². The maximum Gasteiger partial charge on any atom is 0.193 e. The number of carbonyl (C=O) groups excluding carboxylic acids is 1. The number of Topliss-reactive ketones (excluding diaryl/α,β-unsaturated/α-hetero) is 1. The van der Waals surface area contributed by atoms with Gasteiger partial charge in [0.15, 0.2) is 5.78 Å². The zero-order chi connectivity index (χ0) is 13.5. The van der Waals surface area contributed by atoms with Crippen molar-refractivity contribution < 1.29 is 14.1 Å². The molecular weight excluding hydrogens is 230 g/mol. The van der Waals surface area contributed by atoms with E-state index in [2.05, 4.69) is 18.3 Å². The van der Waals surface area contributed by atoms with E-state index in [1.807, 2.05) is 0 Å². The zero-order valence-electron chi connectivity index (χ0n) is 10.7. The number of hydrogen-bond donors (Lipinski definition) is 0. The quantitative estimate of drug-likeness (QED) is 0.549. The second-order valence-electron chi connectivity index (χ2n) is 3.80. The van der Waals surface area contributed by atoms with E-state index >= 15 is 0 Å². The Kier molecular flexibility index (Phi) is 5.27. The van der Waals surface area contributed by atoms with Crippen molar-refractivity contribution in [2.24, 2.45) is 0 Å². The van der Waals surface area contributed by atoms with Crippen LogP contribution < -0.4 is 0 Å². The molecule has 0 unspecified atom stereocenters. The van der Waals surface area contributed by atoms with Gasteiger partial charge in [0.2, 0.25) is 0 Å². The summed E-state index contributed by atoms with van der Waals surface area (Å²) in [6, 6.07) is 0. The highest BCUT2D eigenvalue weighted by molar-refractivity contribution is 5.98. The molecule has 0 aliphatic rings. The molecule has 0 radical (unpaired) electrons. The van der Waals surface area contributed by atoms with Crippen LogP contribution in [0.15, 0.2) is 41.5 Å². The first-order valence-electron chi connectivity index (χ1n) is 5.58. The van der Waals surface area contributed by atoms with Crippen LogP contribution in [0.4, 0.5) is 0 Å². The van der Waals surface area contributed by atoms with Gasteiger partial charge < -0.3 is 9.26 Å². The second kappa shape index (κ2) is 6.71. The molecule has 1 heterocycles.